The van der Waals surface area contributed by atoms with Gasteiger partial charge in [0.05, 0.1) is 12.9 Å². The van der Waals surface area contributed by atoms with Crippen molar-refractivity contribution in [2.24, 2.45) is 0 Å². The zero-order chi connectivity index (χ0) is 14.7. The van der Waals surface area contributed by atoms with Gasteiger partial charge in [-0.3, -0.25) is 9.59 Å². The van der Waals surface area contributed by atoms with Crippen molar-refractivity contribution in [1.82, 2.24) is 0 Å². The van der Waals surface area contributed by atoms with Crippen LogP contribution in [0.15, 0.2) is 23.7 Å². The number of rotatable bonds is 2. The quantitative estimate of drug-likeness (QED) is 0.734. The van der Waals surface area contributed by atoms with Crippen LogP contribution in [-0.2, 0) is 28.5 Å². The molecule has 20 heavy (non-hydrogen) atoms. The van der Waals surface area contributed by atoms with E-state index in [1.54, 1.807) is 19.9 Å². The Morgan fingerprint density at radius 3 is 2.50 bits per heavy atom. The normalized spacial score (nSPS) is 42.6. The van der Waals surface area contributed by atoms with Crippen LogP contribution in [0.25, 0.3) is 0 Å². The SMILES string of the molecule is COC1=C[C@@]2(C)O[C@@H](C1=O)[C@@H]1OC(C)=C[C@@]2(OC)C1=O. The summed E-state index contributed by atoms with van der Waals surface area (Å²) in [6.07, 6.45) is 1.11. The average molecular weight is 280 g/mol. The molecule has 6 heteroatoms. The molecule has 0 aromatic carbocycles. The van der Waals surface area contributed by atoms with Gasteiger partial charge in [0.2, 0.25) is 11.6 Å². The van der Waals surface area contributed by atoms with Crippen molar-refractivity contribution in [1.29, 1.82) is 0 Å². The Hall–Kier alpha value is -1.66. The number of methoxy groups -OCH3 is 2. The molecule has 0 amide bonds. The van der Waals surface area contributed by atoms with Gasteiger partial charge in [-0.15, -0.1) is 0 Å². The molecule has 4 bridgehead atoms. The number of carbonyl (C=O) groups is 2. The minimum absolute atomic E-state index is 0.166. The number of fused-ring (bicyclic) bond motifs is 6. The summed E-state index contributed by atoms with van der Waals surface area (Å²) in [7, 11) is 2.85. The third-order valence-electron chi connectivity index (χ3n) is 4.18. The zero-order valence-electron chi connectivity index (χ0n) is 11.8. The van der Waals surface area contributed by atoms with Gasteiger partial charge in [0.1, 0.15) is 5.60 Å². The molecular formula is C14H16O6. The molecule has 1 fully saturated rings. The third kappa shape index (κ3) is 1.35. The van der Waals surface area contributed by atoms with Gasteiger partial charge in [0.15, 0.2) is 23.6 Å². The van der Waals surface area contributed by atoms with E-state index in [4.69, 9.17) is 18.9 Å². The summed E-state index contributed by atoms with van der Waals surface area (Å²) >= 11 is 0. The standard InChI is InChI=1S/C14H16O6/c1-7-5-14(18-4)12(16)11(19-7)10-9(15)8(17-3)6-13(14,2)20-10/h5-6,10-11H,1-4H3/t10-,11-,13+,14+/m0/s1. The molecule has 0 saturated carbocycles. The third-order valence-corrected chi connectivity index (χ3v) is 4.18. The first-order chi connectivity index (χ1) is 9.38. The predicted octanol–water partition coefficient (Wildman–Crippen LogP) is 0.514. The number of hydrogen-bond acceptors (Lipinski definition) is 6. The summed E-state index contributed by atoms with van der Waals surface area (Å²) in [5.74, 6) is 0.0177. The van der Waals surface area contributed by atoms with Gasteiger partial charge in [-0.05, 0) is 26.0 Å². The predicted molar refractivity (Wildman–Crippen MR) is 66.8 cm³/mol. The molecule has 0 spiro atoms. The fourth-order valence-electron chi connectivity index (χ4n) is 3.17. The van der Waals surface area contributed by atoms with Gasteiger partial charge in [-0.2, -0.15) is 0 Å². The second kappa shape index (κ2) is 3.93. The van der Waals surface area contributed by atoms with Crippen LogP contribution in [0.3, 0.4) is 0 Å². The Bertz CT molecular complexity index is 562. The molecule has 0 unspecified atom stereocenters. The molecule has 0 aromatic heterocycles. The molecule has 3 aliphatic rings. The van der Waals surface area contributed by atoms with Crippen molar-refractivity contribution in [3.8, 4) is 0 Å². The lowest BCUT2D eigenvalue weighted by atomic mass is 9.70. The molecule has 6 nitrogen and oxygen atoms in total. The smallest absolute Gasteiger partial charge is 0.230 e. The first-order valence-corrected chi connectivity index (χ1v) is 6.33. The number of carbonyl (C=O) groups excluding carboxylic acids is 2. The van der Waals surface area contributed by atoms with Crippen molar-refractivity contribution in [3.63, 3.8) is 0 Å². The molecule has 108 valence electrons. The van der Waals surface area contributed by atoms with E-state index in [0.29, 0.717) is 5.76 Å². The second-order valence-electron chi connectivity index (χ2n) is 5.32. The molecule has 0 N–H and O–H groups in total. The highest BCUT2D eigenvalue weighted by Crippen LogP contribution is 2.47. The van der Waals surface area contributed by atoms with Gasteiger partial charge in [0.25, 0.3) is 0 Å². The Kier molecular flexibility index (Phi) is 2.62. The fraction of sp³-hybridized carbons (Fsp3) is 0.571. The van der Waals surface area contributed by atoms with Crippen LogP contribution in [0.1, 0.15) is 13.8 Å². The van der Waals surface area contributed by atoms with Gasteiger partial charge >= 0.3 is 0 Å². The second-order valence-corrected chi connectivity index (χ2v) is 5.32. The highest BCUT2D eigenvalue weighted by Gasteiger charge is 2.67. The summed E-state index contributed by atoms with van der Waals surface area (Å²) in [5, 5.41) is 0. The van der Waals surface area contributed by atoms with Crippen molar-refractivity contribution >= 4 is 11.6 Å². The Labute approximate surface area is 116 Å². The largest absolute Gasteiger partial charge is 0.493 e. The summed E-state index contributed by atoms with van der Waals surface area (Å²) in [4.78, 5) is 24.9. The lowest BCUT2D eigenvalue weighted by Gasteiger charge is -2.54. The minimum Gasteiger partial charge on any atom is -0.493 e. The number of ether oxygens (including phenoxy) is 4. The molecule has 0 aliphatic carbocycles. The van der Waals surface area contributed by atoms with E-state index in [2.05, 4.69) is 0 Å². The Morgan fingerprint density at radius 2 is 1.90 bits per heavy atom. The van der Waals surface area contributed by atoms with Crippen LogP contribution in [0.4, 0.5) is 0 Å². The van der Waals surface area contributed by atoms with Crippen LogP contribution in [-0.4, -0.2) is 49.2 Å². The average Bonchev–Trinajstić information content (AvgIpc) is 2.42. The van der Waals surface area contributed by atoms with Crippen LogP contribution in [0.2, 0.25) is 0 Å². The van der Waals surface area contributed by atoms with Crippen molar-refractivity contribution in [2.75, 3.05) is 14.2 Å². The molecule has 1 saturated heterocycles. The summed E-state index contributed by atoms with van der Waals surface area (Å²) in [6, 6.07) is 0. The minimum atomic E-state index is -1.30. The number of ketones is 2. The van der Waals surface area contributed by atoms with E-state index >= 15 is 0 Å². The van der Waals surface area contributed by atoms with Gasteiger partial charge in [-0.1, -0.05) is 0 Å². The molecule has 3 heterocycles. The monoisotopic (exact) mass is 280 g/mol. The summed E-state index contributed by atoms with van der Waals surface area (Å²) < 4.78 is 21.9. The zero-order valence-corrected chi connectivity index (χ0v) is 11.8. The molecule has 3 aliphatic heterocycles. The highest BCUT2D eigenvalue weighted by atomic mass is 16.6. The first kappa shape index (κ1) is 13.3. The molecule has 4 atom stereocenters. The number of allylic oxidation sites excluding steroid dienone is 1. The van der Waals surface area contributed by atoms with Crippen LogP contribution in [0, 0.1) is 0 Å². The van der Waals surface area contributed by atoms with Crippen molar-refractivity contribution in [2.45, 2.75) is 37.3 Å². The van der Waals surface area contributed by atoms with Crippen molar-refractivity contribution in [3.05, 3.63) is 23.7 Å². The van der Waals surface area contributed by atoms with E-state index in [-0.39, 0.29) is 17.3 Å². The molecular weight excluding hydrogens is 264 g/mol. The fourth-order valence-corrected chi connectivity index (χ4v) is 3.17. The van der Waals surface area contributed by atoms with Crippen LogP contribution in [0.5, 0.6) is 0 Å². The van der Waals surface area contributed by atoms with Crippen LogP contribution >= 0.6 is 0 Å². The first-order valence-electron chi connectivity index (χ1n) is 6.33. The van der Waals surface area contributed by atoms with E-state index in [9.17, 15) is 9.59 Å². The number of hydrogen-bond donors (Lipinski definition) is 0. The maximum absolute atomic E-state index is 12.7. The maximum atomic E-state index is 12.7. The maximum Gasteiger partial charge on any atom is 0.230 e. The molecule has 0 radical (unpaired) electrons. The lowest BCUT2D eigenvalue weighted by Crippen LogP contribution is -2.73. The molecule has 0 aromatic rings. The molecule has 3 rings (SSSR count). The highest BCUT2D eigenvalue weighted by molar-refractivity contribution is 6.08. The summed E-state index contributed by atoms with van der Waals surface area (Å²) in [6.45, 7) is 3.43. The van der Waals surface area contributed by atoms with Gasteiger partial charge < -0.3 is 18.9 Å². The topological polar surface area (TPSA) is 71.1 Å². The van der Waals surface area contributed by atoms with Gasteiger partial charge in [-0.25, -0.2) is 0 Å². The Morgan fingerprint density at radius 1 is 1.20 bits per heavy atom. The Balaban J connectivity index is 2.27. The van der Waals surface area contributed by atoms with E-state index in [1.165, 1.54) is 20.3 Å². The van der Waals surface area contributed by atoms with Crippen LogP contribution < -0.4 is 0 Å². The van der Waals surface area contributed by atoms with E-state index < -0.39 is 23.4 Å². The van der Waals surface area contributed by atoms with E-state index in [1.807, 2.05) is 0 Å². The number of Topliss-reactive ketones (excluding diaryl/α,β-unsaturated/α-hetero) is 2. The lowest BCUT2D eigenvalue weighted by molar-refractivity contribution is -0.235. The van der Waals surface area contributed by atoms with Crippen molar-refractivity contribution < 1.29 is 28.5 Å². The van der Waals surface area contributed by atoms with E-state index in [0.717, 1.165) is 0 Å². The summed E-state index contributed by atoms with van der Waals surface area (Å²) in [5.41, 5.74) is -2.41. The van der Waals surface area contributed by atoms with Gasteiger partial charge in [0, 0.05) is 7.11 Å².